The molecule has 2 aromatic carbocycles. The number of rotatable bonds is 4. The van der Waals surface area contributed by atoms with E-state index >= 15 is 0 Å². The molecule has 0 fully saturated rings. The number of ketones is 1. The molecule has 5 nitrogen and oxygen atoms in total. The van der Waals surface area contributed by atoms with E-state index in [4.69, 9.17) is 22.1 Å². The van der Waals surface area contributed by atoms with E-state index in [0.29, 0.717) is 10.6 Å². The number of carbonyl (C=O) groups is 2. The Morgan fingerprint density at radius 1 is 1.21 bits per heavy atom. The summed E-state index contributed by atoms with van der Waals surface area (Å²) >= 11 is 5.83. The summed E-state index contributed by atoms with van der Waals surface area (Å²) < 4.78 is 5.26. The number of nitrogens with two attached hydrogens (primary N) is 1. The molecule has 0 bridgehead atoms. The number of aromatic nitrogens is 1. The van der Waals surface area contributed by atoms with E-state index < -0.39 is 12.1 Å². The molecule has 122 valence electrons. The first-order valence-corrected chi connectivity index (χ1v) is 7.71. The third-order valence-electron chi connectivity index (χ3n) is 3.74. The fourth-order valence-electron chi connectivity index (χ4n) is 2.45. The second-order valence-corrected chi connectivity index (χ2v) is 5.80. The lowest BCUT2D eigenvalue weighted by molar-refractivity contribution is 0.0319. The Morgan fingerprint density at radius 2 is 1.96 bits per heavy atom. The number of anilines is 1. The number of hydrogen-bond acceptors (Lipinski definition) is 4. The molecule has 1 aromatic heterocycles. The van der Waals surface area contributed by atoms with E-state index in [1.807, 2.05) is 24.3 Å². The summed E-state index contributed by atoms with van der Waals surface area (Å²) in [5.74, 6) is -0.901. The molecule has 1 heterocycles. The fraction of sp³-hybridized carbons (Fsp3) is 0.111. The van der Waals surface area contributed by atoms with E-state index in [9.17, 15) is 9.59 Å². The maximum atomic E-state index is 12.6. The molecule has 3 rings (SSSR count). The molecule has 0 aliphatic rings. The smallest absolute Gasteiger partial charge is 0.338 e. The van der Waals surface area contributed by atoms with Crippen LogP contribution in [0.25, 0.3) is 10.9 Å². The summed E-state index contributed by atoms with van der Waals surface area (Å²) in [4.78, 5) is 27.8. The Balaban J connectivity index is 1.78. The minimum Gasteiger partial charge on any atom is -0.451 e. The van der Waals surface area contributed by atoms with Crippen molar-refractivity contribution in [3.8, 4) is 0 Å². The summed E-state index contributed by atoms with van der Waals surface area (Å²) in [6.07, 6.45) is 0.700. The van der Waals surface area contributed by atoms with Crippen LogP contribution >= 0.6 is 11.6 Å². The maximum Gasteiger partial charge on any atom is 0.338 e. The van der Waals surface area contributed by atoms with Crippen LogP contribution in [0.2, 0.25) is 5.02 Å². The standard InChI is InChI=1S/C18H15ClN2O3/c1-10(24-18(23)11-6-7-14(19)15(20)8-11)17(22)13-9-21-16-5-3-2-4-12(13)16/h2-10,21H,20H2,1H3. The second kappa shape index (κ2) is 6.37. The van der Waals surface area contributed by atoms with Crippen LogP contribution in [0.5, 0.6) is 0 Å². The van der Waals surface area contributed by atoms with Gasteiger partial charge in [-0.05, 0) is 31.2 Å². The number of Topliss-reactive ketones (excluding diaryl/α,β-unsaturated/α-hetero) is 1. The lowest BCUT2D eigenvalue weighted by Gasteiger charge is -2.12. The SMILES string of the molecule is CC(OC(=O)c1ccc(Cl)c(N)c1)C(=O)c1c[nH]c2ccccc12. The highest BCUT2D eigenvalue weighted by Crippen LogP contribution is 2.22. The Labute approximate surface area is 143 Å². The van der Waals surface area contributed by atoms with E-state index in [1.165, 1.54) is 18.2 Å². The van der Waals surface area contributed by atoms with Crippen LogP contribution in [-0.4, -0.2) is 22.8 Å². The van der Waals surface area contributed by atoms with Crippen LogP contribution in [0.3, 0.4) is 0 Å². The Morgan fingerprint density at radius 3 is 2.71 bits per heavy atom. The van der Waals surface area contributed by atoms with Crippen molar-refractivity contribution in [3.63, 3.8) is 0 Å². The predicted octanol–water partition coefficient (Wildman–Crippen LogP) is 3.83. The van der Waals surface area contributed by atoms with E-state index in [0.717, 1.165) is 10.9 Å². The molecule has 1 unspecified atom stereocenters. The number of ether oxygens (including phenoxy) is 1. The zero-order chi connectivity index (χ0) is 17.3. The zero-order valence-electron chi connectivity index (χ0n) is 12.9. The van der Waals surface area contributed by atoms with Crippen molar-refractivity contribution in [1.29, 1.82) is 0 Å². The summed E-state index contributed by atoms with van der Waals surface area (Å²) in [6.45, 7) is 1.54. The van der Waals surface area contributed by atoms with Crippen molar-refractivity contribution >= 4 is 39.9 Å². The average Bonchev–Trinajstić information content (AvgIpc) is 3.00. The van der Waals surface area contributed by atoms with Crippen molar-refractivity contribution in [1.82, 2.24) is 4.98 Å². The van der Waals surface area contributed by atoms with Gasteiger partial charge in [-0.15, -0.1) is 0 Å². The third kappa shape index (κ3) is 2.98. The van der Waals surface area contributed by atoms with Crippen molar-refractivity contribution in [2.75, 3.05) is 5.73 Å². The maximum absolute atomic E-state index is 12.6. The molecular weight excluding hydrogens is 328 g/mol. The van der Waals surface area contributed by atoms with Gasteiger partial charge in [-0.25, -0.2) is 4.79 Å². The molecule has 0 radical (unpaired) electrons. The van der Waals surface area contributed by atoms with Crippen molar-refractivity contribution < 1.29 is 14.3 Å². The van der Waals surface area contributed by atoms with Crippen LogP contribution in [0.1, 0.15) is 27.6 Å². The number of fused-ring (bicyclic) bond motifs is 1. The Kier molecular flexibility index (Phi) is 4.27. The van der Waals surface area contributed by atoms with Gasteiger partial charge in [0.1, 0.15) is 0 Å². The lowest BCUT2D eigenvalue weighted by Crippen LogP contribution is -2.24. The summed E-state index contributed by atoms with van der Waals surface area (Å²) in [5, 5.41) is 1.15. The normalized spacial score (nSPS) is 12.1. The van der Waals surface area contributed by atoms with Gasteiger partial charge in [-0.3, -0.25) is 4.79 Å². The molecule has 0 aliphatic heterocycles. The first-order chi connectivity index (χ1) is 11.5. The van der Waals surface area contributed by atoms with Gasteiger partial charge in [-0.1, -0.05) is 29.8 Å². The zero-order valence-corrected chi connectivity index (χ0v) is 13.6. The van der Waals surface area contributed by atoms with Gasteiger partial charge in [0, 0.05) is 22.7 Å². The molecule has 0 saturated heterocycles. The monoisotopic (exact) mass is 342 g/mol. The van der Waals surface area contributed by atoms with Crippen LogP contribution < -0.4 is 5.73 Å². The molecule has 24 heavy (non-hydrogen) atoms. The lowest BCUT2D eigenvalue weighted by atomic mass is 10.1. The molecule has 3 aromatic rings. The van der Waals surface area contributed by atoms with Gasteiger partial charge in [0.25, 0.3) is 0 Å². The first kappa shape index (κ1) is 16.1. The topological polar surface area (TPSA) is 85.2 Å². The van der Waals surface area contributed by atoms with Crippen LogP contribution in [-0.2, 0) is 4.74 Å². The molecule has 3 N–H and O–H groups in total. The van der Waals surface area contributed by atoms with Crippen molar-refractivity contribution in [2.24, 2.45) is 0 Å². The molecule has 0 aliphatic carbocycles. The minimum absolute atomic E-state index is 0.246. The molecule has 0 spiro atoms. The molecular formula is C18H15ClN2O3. The number of nitrogens with one attached hydrogen (secondary N) is 1. The number of esters is 1. The highest BCUT2D eigenvalue weighted by molar-refractivity contribution is 6.33. The van der Waals surface area contributed by atoms with E-state index in [2.05, 4.69) is 4.98 Å². The number of nitrogen functional groups attached to an aromatic ring is 1. The van der Waals surface area contributed by atoms with Crippen LogP contribution in [0.15, 0.2) is 48.7 Å². The molecule has 0 amide bonds. The van der Waals surface area contributed by atoms with Crippen LogP contribution in [0.4, 0.5) is 5.69 Å². The van der Waals surface area contributed by atoms with Gasteiger partial charge in [-0.2, -0.15) is 0 Å². The third-order valence-corrected chi connectivity index (χ3v) is 4.08. The van der Waals surface area contributed by atoms with Crippen LogP contribution in [0, 0.1) is 0 Å². The van der Waals surface area contributed by atoms with E-state index in [1.54, 1.807) is 13.1 Å². The highest BCUT2D eigenvalue weighted by Gasteiger charge is 2.23. The molecule has 0 saturated carbocycles. The van der Waals surface area contributed by atoms with Gasteiger partial charge < -0.3 is 15.5 Å². The van der Waals surface area contributed by atoms with Gasteiger partial charge in [0.15, 0.2) is 6.10 Å². The number of aromatic amines is 1. The number of carbonyl (C=O) groups excluding carboxylic acids is 2. The summed E-state index contributed by atoms with van der Waals surface area (Å²) in [6, 6.07) is 11.9. The highest BCUT2D eigenvalue weighted by atomic mass is 35.5. The number of hydrogen-bond donors (Lipinski definition) is 2. The average molecular weight is 343 g/mol. The van der Waals surface area contributed by atoms with Gasteiger partial charge >= 0.3 is 5.97 Å². The fourth-order valence-corrected chi connectivity index (χ4v) is 2.56. The quantitative estimate of drug-likeness (QED) is 0.428. The number of H-pyrrole nitrogens is 1. The minimum atomic E-state index is -0.923. The summed E-state index contributed by atoms with van der Waals surface area (Å²) in [7, 11) is 0. The predicted molar refractivity (Wildman–Crippen MR) is 93.4 cm³/mol. The van der Waals surface area contributed by atoms with Crippen molar-refractivity contribution in [2.45, 2.75) is 13.0 Å². The van der Waals surface area contributed by atoms with Crippen molar-refractivity contribution in [3.05, 3.63) is 64.8 Å². The molecule has 1 atom stereocenters. The number of para-hydroxylation sites is 1. The van der Waals surface area contributed by atoms with E-state index in [-0.39, 0.29) is 17.0 Å². The first-order valence-electron chi connectivity index (χ1n) is 7.33. The number of halogens is 1. The second-order valence-electron chi connectivity index (χ2n) is 5.40. The Bertz CT molecular complexity index is 933. The van der Waals surface area contributed by atoms with Gasteiger partial charge in [0.05, 0.1) is 16.3 Å². The Hall–Kier alpha value is -2.79. The van der Waals surface area contributed by atoms with Gasteiger partial charge in [0.2, 0.25) is 5.78 Å². The number of benzene rings is 2. The largest absolute Gasteiger partial charge is 0.451 e. The summed E-state index contributed by atoms with van der Waals surface area (Å²) in [5.41, 5.74) is 7.54. The molecule has 6 heteroatoms.